The van der Waals surface area contributed by atoms with Crippen LogP contribution in [0.2, 0.25) is 0 Å². The van der Waals surface area contributed by atoms with Crippen LogP contribution < -0.4 is 17.2 Å². The third-order valence-electron chi connectivity index (χ3n) is 6.14. The van der Waals surface area contributed by atoms with Gasteiger partial charge in [-0.2, -0.15) is 9.97 Å². The van der Waals surface area contributed by atoms with Crippen LogP contribution in [-0.2, 0) is 13.8 Å². The van der Waals surface area contributed by atoms with Crippen molar-refractivity contribution in [1.82, 2.24) is 49.4 Å². The molecular formula is C22H30N13O8PS3. The van der Waals surface area contributed by atoms with E-state index in [4.69, 9.17) is 31.7 Å². The maximum atomic E-state index is 10.9. The molecule has 25 heteroatoms. The lowest BCUT2D eigenvalue weighted by atomic mass is 10.1. The molecule has 1 saturated heterocycles. The second-order valence-electron chi connectivity index (χ2n) is 9.09. The number of hydrogen-bond donors (Lipinski definition) is 9. The van der Waals surface area contributed by atoms with Crippen molar-refractivity contribution in [1.29, 1.82) is 0 Å². The van der Waals surface area contributed by atoms with Gasteiger partial charge in [0.05, 0.1) is 25.6 Å². The van der Waals surface area contributed by atoms with Gasteiger partial charge in [0.15, 0.2) is 23.3 Å². The lowest BCUT2D eigenvalue weighted by molar-refractivity contribution is -0.0503. The van der Waals surface area contributed by atoms with Gasteiger partial charge >= 0.3 is 7.82 Å². The lowest BCUT2D eigenvalue weighted by Gasteiger charge is -2.16. The number of H-pyrrole nitrogens is 2. The summed E-state index contributed by atoms with van der Waals surface area (Å²) in [6.45, 7) is -0.598. The zero-order valence-electron chi connectivity index (χ0n) is 24.7. The Morgan fingerprint density at radius 1 is 0.979 bits per heavy atom. The average molecular weight is 732 g/mol. The molecule has 0 aromatic carbocycles. The van der Waals surface area contributed by atoms with E-state index in [0.717, 1.165) is 22.3 Å². The maximum absolute atomic E-state index is 10.9. The number of nitrogens with one attached hydrogen (secondary N) is 2. The molecule has 21 nitrogen and oxygen atoms in total. The average Bonchev–Trinajstić information content (AvgIpc) is 3.83. The Labute approximate surface area is 277 Å². The van der Waals surface area contributed by atoms with Crippen LogP contribution >= 0.6 is 43.1 Å². The SMILES string of the molecule is CSC(=O)c1[nH]cnc1N.CSc1nc(N)nc2c1ncn2C1OC(COP(=O)(O)O)C(O)C1O.CSc1nc(N)nc2nc[nH]c12. The number of ether oxygens (including phenoxy) is 1. The molecule has 1 aliphatic rings. The van der Waals surface area contributed by atoms with Crippen molar-refractivity contribution in [2.45, 2.75) is 34.6 Å². The fourth-order valence-electron chi connectivity index (χ4n) is 4.04. The Balaban J connectivity index is 0.000000187. The Hall–Kier alpha value is -3.58. The monoisotopic (exact) mass is 731 g/mol. The maximum Gasteiger partial charge on any atom is 0.469 e. The lowest BCUT2D eigenvalue weighted by Crippen LogP contribution is -2.33. The van der Waals surface area contributed by atoms with Crippen molar-refractivity contribution >= 4 is 88.3 Å². The van der Waals surface area contributed by atoms with Gasteiger partial charge in [0.25, 0.3) is 0 Å². The van der Waals surface area contributed by atoms with E-state index in [0.29, 0.717) is 27.5 Å². The summed E-state index contributed by atoms with van der Waals surface area (Å²) in [5.41, 5.74) is 19.1. The first-order valence-corrected chi connectivity index (χ1v) is 18.1. The number of phosphoric acid groups is 1. The predicted octanol–water partition coefficient (Wildman–Crippen LogP) is 0.0110. The summed E-state index contributed by atoms with van der Waals surface area (Å²) in [6, 6.07) is 0. The fourth-order valence-corrected chi connectivity index (χ4v) is 5.81. The second-order valence-corrected chi connectivity index (χ2v) is 12.7. The van der Waals surface area contributed by atoms with E-state index < -0.39 is 39.0 Å². The minimum atomic E-state index is -4.73. The normalized spacial score (nSPS) is 19.3. The van der Waals surface area contributed by atoms with Gasteiger partial charge in [0, 0.05) is 0 Å². The number of rotatable bonds is 7. The zero-order chi connectivity index (χ0) is 34.5. The molecule has 4 unspecified atom stereocenters. The van der Waals surface area contributed by atoms with Crippen LogP contribution in [0.3, 0.4) is 0 Å². The third-order valence-corrected chi connectivity index (χ3v) is 8.55. The Morgan fingerprint density at radius 3 is 2.26 bits per heavy atom. The van der Waals surface area contributed by atoms with E-state index in [1.807, 2.05) is 6.26 Å². The molecule has 6 rings (SSSR count). The number of carbonyl (C=O) groups is 1. The minimum Gasteiger partial charge on any atom is -0.387 e. The minimum absolute atomic E-state index is 0.00742. The smallest absolute Gasteiger partial charge is 0.387 e. The number of aromatic nitrogens is 10. The summed E-state index contributed by atoms with van der Waals surface area (Å²) in [4.78, 5) is 62.0. The van der Waals surface area contributed by atoms with Gasteiger partial charge < -0.3 is 51.9 Å². The molecule has 5 aromatic rings. The molecule has 0 aliphatic carbocycles. The van der Waals surface area contributed by atoms with Gasteiger partial charge in [0.2, 0.25) is 17.0 Å². The highest BCUT2D eigenvalue weighted by molar-refractivity contribution is 8.13. The van der Waals surface area contributed by atoms with Crippen molar-refractivity contribution < 1.29 is 38.6 Å². The van der Waals surface area contributed by atoms with Crippen LogP contribution in [0, 0.1) is 0 Å². The highest BCUT2D eigenvalue weighted by Crippen LogP contribution is 2.39. The van der Waals surface area contributed by atoms with Crippen LogP contribution in [-0.4, -0.2) is 118 Å². The molecule has 4 atom stereocenters. The number of phosphoric ester groups is 1. The van der Waals surface area contributed by atoms with Gasteiger partial charge in [-0.05, 0) is 18.8 Å². The number of carbonyl (C=O) groups excluding carboxylic acids is 1. The standard InChI is InChI=1S/C11H16N5O7PS.C6H7N5S.C5H7N3OS/c1-25-9-5-8(14-11(12)15-9)16(3-13-5)10-7(18)6(17)4(23-10)2-22-24(19,20)21;1-12-5-3-4(9-2-8-3)10-6(7)11-5;1-10-5(9)3-4(6)8-2-7-3/h3-4,6-7,10,17-18H,2H2,1H3,(H2,12,14,15)(H2,19,20,21);2H,1H3,(H3,7,8,9,10,11);2H,6H2,1H3,(H,7,8). The van der Waals surface area contributed by atoms with Crippen LogP contribution in [0.15, 0.2) is 29.0 Å². The van der Waals surface area contributed by atoms with Crippen molar-refractivity contribution in [2.24, 2.45) is 0 Å². The first kappa shape index (κ1) is 36.3. The summed E-state index contributed by atoms with van der Waals surface area (Å²) in [5, 5.41) is 21.6. The van der Waals surface area contributed by atoms with Crippen molar-refractivity contribution in [3.05, 3.63) is 24.7 Å². The number of nitrogens with zero attached hydrogens (tertiary/aromatic N) is 8. The van der Waals surface area contributed by atoms with E-state index in [9.17, 15) is 19.6 Å². The van der Waals surface area contributed by atoms with E-state index in [1.165, 1.54) is 40.7 Å². The molecule has 254 valence electrons. The molecule has 12 N–H and O–H groups in total. The Bertz CT molecular complexity index is 1890. The van der Waals surface area contributed by atoms with Crippen molar-refractivity contribution in [3.63, 3.8) is 0 Å². The first-order valence-electron chi connectivity index (χ1n) is 12.9. The van der Waals surface area contributed by atoms with Crippen LogP contribution in [0.5, 0.6) is 0 Å². The van der Waals surface area contributed by atoms with E-state index in [1.54, 1.807) is 18.8 Å². The molecule has 1 aliphatic heterocycles. The van der Waals surface area contributed by atoms with Gasteiger partial charge in [-0.25, -0.2) is 29.5 Å². The number of nitrogen functional groups attached to an aromatic ring is 3. The first-order chi connectivity index (χ1) is 22.3. The topological polar surface area (TPSA) is 338 Å². The summed E-state index contributed by atoms with van der Waals surface area (Å²) < 4.78 is 22.0. The quantitative estimate of drug-likeness (QED) is 0.0604. The van der Waals surface area contributed by atoms with Gasteiger partial charge in [-0.1, -0.05) is 11.8 Å². The largest absolute Gasteiger partial charge is 0.469 e. The van der Waals surface area contributed by atoms with Crippen LogP contribution in [0.4, 0.5) is 17.7 Å². The molecule has 0 saturated carbocycles. The molecule has 0 amide bonds. The molecular weight excluding hydrogens is 701 g/mol. The number of imidazole rings is 3. The number of aliphatic hydroxyl groups is 2. The Morgan fingerprint density at radius 2 is 1.64 bits per heavy atom. The summed E-state index contributed by atoms with van der Waals surface area (Å²) in [6.07, 6.45) is 4.71. The molecule has 0 bridgehead atoms. The predicted molar refractivity (Wildman–Crippen MR) is 174 cm³/mol. The highest BCUT2D eigenvalue weighted by atomic mass is 32.2. The van der Waals surface area contributed by atoms with Crippen molar-refractivity contribution in [2.75, 3.05) is 42.6 Å². The number of anilines is 3. The number of nitrogens with two attached hydrogens (primary N) is 3. The number of hydrogen-bond acceptors (Lipinski definition) is 19. The third kappa shape index (κ3) is 8.67. The second kappa shape index (κ2) is 15.5. The molecule has 5 aromatic heterocycles. The van der Waals surface area contributed by atoms with Crippen LogP contribution in [0.1, 0.15) is 16.7 Å². The number of thioether (sulfide) groups is 3. The summed E-state index contributed by atoms with van der Waals surface area (Å²) >= 11 is 3.94. The summed E-state index contributed by atoms with van der Waals surface area (Å²) in [7, 11) is -4.73. The van der Waals surface area contributed by atoms with Gasteiger partial charge in [-0.15, -0.1) is 23.5 Å². The number of aliphatic hydroxyl groups excluding tert-OH is 2. The fraction of sp³-hybridized carbons (Fsp3) is 0.364. The zero-order valence-corrected chi connectivity index (χ0v) is 28.0. The summed E-state index contributed by atoms with van der Waals surface area (Å²) in [5.74, 6) is 0.534. The number of fused-ring (bicyclic) bond motifs is 2. The van der Waals surface area contributed by atoms with Gasteiger partial charge in [-0.3, -0.25) is 13.9 Å². The Kier molecular flexibility index (Phi) is 12.0. The van der Waals surface area contributed by atoms with E-state index in [-0.39, 0.29) is 22.8 Å². The van der Waals surface area contributed by atoms with Crippen molar-refractivity contribution in [3.8, 4) is 0 Å². The molecule has 0 spiro atoms. The number of aromatic amines is 2. The molecule has 47 heavy (non-hydrogen) atoms. The van der Waals surface area contributed by atoms with Crippen LogP contribution in [0.25, 0.3) is 22.3 Å². The van der Waals surface area contributed by atoms with E-state index in [2.05, 4.69) is 49.4 Å². The highest BCUT2D eigenvalue weighted by Gasteiger charge is 2.45. The molecule has 1 fully saturated rings. The van der Waals surface area contributed by atoms with E-state index >= 15 is 0 Å². The molecule has 6 heterocycles. The van der Waals surface area contributed by atoms with Gasteiger partial charge in [0.1, 0.15) is 45.1 Å². The molecule has 0 radical (unpaired) electrons.